The zero-order valence-electron chi connectivity index (χ0n) is 15.9. The molecule has 0 aromatic carbocycles. The number of nitrogens with zero attached hydrogens (tertiary/aromatic N) is 4. The van der Waals surface area contributed by atoms with Gasteiger partial charge in [-0.3, -0.25) is 9.78 Å². The molecular weight excluding hydrogens is 358 g/mol. The fraction of sp³-hybridized carbons (Fsp3) is 0.600. The Morgan fingerprint density at radius 1 is 1.15 bits per heavy atom. The van der Waals surface area contributed by atoms with E-state index in [1.807, 2.05) is 12.3 Å². The number of rotatable bonds is 3. The average molecular weight is 386 g/mol. The van der Waals surface area contributed by atoms with Gasteiger partial charge in [-0.1, -0.05) is 0 Å². The van der Waals surface area contributed by atoms with Gasteiger partial charge in [0.25, 0.3) is 5.91 Å². The van der Waals surface area contributed by atoms with Crippen molar-refractivity contribution in [3.8, 4) is 0 Å². The van der Waals surface area contributed by atoms with Crippen molar-refractivity contribution in [1.82, 2.24) is 20.1 Å². The highest BCUT2D eigenvalue weighted by molar-refractivity contribution is 7.22. The van der Waals surface area contributed by atoms with Gasteiger partial charge < -0.3 is 20.0 Å². The summed E-state index contributed by atoms with van der Waals surface area (Å²) in [6.07, 6.45) is 4.27. The van der Waals surface area contributed by atoms with Crippen LogP contribution in [0.2, 0.25) is 0 Å². The summed E-state index contributed by atoms with van der Waals surface area (Å²) in [5, 5.41) is 5.67. The predicted octanol–water partition coefficient (Wildman–Crippen LogP) is 1.87. The highest BCUT2D eigenvalue weighted by Gasteiger charge is 2.35. The fourth-order valence-electron chi connectivity index (χ4n) is 4.60. The number of likely N-dealkylation sites (N-methyl/N-ethyl adjacent to an activating group) is 1. The molecule has 2 aromatic rings. The zero-order chi connectivity index (χ0) is 18.4. The van der Waals surface area contributed by atoms with Crippen molar-refractivity contribution in [3.63, 3.8) is 0 Å². The molecule has 0 saturated carbocycles. The number of fused-ring (bicyclic) bond motifs is 4. The third-order valence-electron chi connectivity index (χ3n) is 6.41. The van der Waals surface area contributed by atoms with Crippen LogP contribution in [0, 0.1) is 5.92 Å². The van der Waals surface area contributed by atoms with Gasteiger partial charge in [0.2, 0.25) is 0 Å². The number of piperidine rings is 3. The minimum Gasteiger partial charge on any atom is -0.361 e. The first-order valence-electron chi connectivity index (χ1n) is 10.0. The third kappa shape index (κ3) is 3.44. The summed E-state index contributed by atoms with van der Waals surface area (Å²) in [7, 11) is 2.17. The van der Waals surface area contributed by atoms with E-state index in [0.29, 0.717) is 11.6 Å². The second-order valence-electron chi connectivity index (χ2n) is 8.20. The molecule has 7 heteroatoms. The molecule has 0 spiro atoms. The van der Waals surface area contributed by atoms with Gasteiger partial charge in [0.1, 0.15) is 5.69 Å². The molecule has 6 rings (SSSR count). The maximum atomic E-state index is 12.8. The summed E-state index contributed by atoms with van der Waals surface area (Å²) in [5.41, 5.74) is 0.547. The molecular formula is C20H27N5OS. The van der Waals surface area contributed by atoms with Crippen molar-refractivity contribution in [2.75, 3.05) is 57.8 Å². The maximum Gasteiger partial charge on any atom is 0.270 e. The quantitative estimate of drug-likeness (QED) is 0.874. The van der Waals surface area contributed by atoms with E-state index in [9.17, 15) is 4.79 Å². The highest BCUT2D eigenvalue weighted by atomic mass is 32.1. The van der Waals surface area contributed by atoms with Crippen LogP contribution >= 0.6 is 11.3 Å². The average Bonchev–Trinajstić information content (AvgIpc) is 3.12. The fourth-order valence-corrected chi connectivity index (χ4v) is 5.72. The predicted molar refractivity (Wildman–Crippen MR) is 110 cm³/mol. The molecule has 1 N–H and O–H groups in total. The summed E-state index contributed by atoms with van der Waals surface area (Å²) < 4.78 is 1.15. The van der Waals surface area contributed by atoms with Gasteiger partial charge >= 0.3 is 0 Å². The Balaban J connectivity index is 1.31. The molecule has 27 heavy (non-hydrogen) atoms. The molecule has 4 saturated heterocycles. The van der Waals surface area contributed by atoms with Gasteiger partial charge in [-0.05, 0) is 51.0 Å². The smallest absolute Gasteiger partial charge is 0.270 e. The molecule has 1 unspecified atom stereocenters. The van der Waals surface area contributed by atoms with Crippen LogP contribution in [0.15, 0.2) is 18.3 Å². The van der Waals surface area contributed by atoms with E-state index < -0.39 is 0 Å². The molecule has 6 nitrogen and oxygen atoms in total. The number of pyridine rings is 1. The van der Waals surface area contributed by atoms with Crippen LogP contribution in [0.4, 0.5) is 5.00 Å². The lowest BCUT2D eigenvalue weighted by atomic mass is 9.84. The minimum absolute atomic E-state index is 0.0230. The second kappa shape index (κ2) is 7.04. The number of piperazine rings is 1. The van der Waals surface area contributed by atoms with Crippen molar-refractivity contribution >= 4 is 32.3 Å². The normalized spacial score (nSPS) is 28.6. The Labute approximate surface area is 164 Å². The molecule has 0 aliphatic carbocycles. The molecule has 4 aliphatic heterocycles. The van der Waals surface area contributed by atoms with E-state index in [1.165, 1.54) is 30.9 Å². The topological polar surface area (TPSA) is 51.7 Å². The van der Waals surface area contributed by atoms with Crippen LogP contribution in [0.1, 0.15) is 23.3 Å². The lowest BCUT2D eigenvalue weighted by Gasteiger charge is -2.44. The van der Waals surface area contributed by atoms with Crippen LogP contribution in [-0.2, 0) is 0 Å². The monoisotopic (exact) mass is 385 g/mol. The van der Waals surface area contributed by atoms with Crippen molar-refractivity contribution in [2.24, 2.45) is 5.92 Å². The summed E-state index contributed by atoms with van der Waals surface area (Å²) >= 11 is 1.77. The summed E-state index contributed by atoms with van der Waals surface area (Å²) in [6, 6.07) is 4.46. The highest BCUT2D eigenvalue weighted by Crippen LogP contribution is 2.33. The lowest BCUT2D eigenvalue weighted by molar-refractivity contribution is 0.0618. The maximum absolute atomic E-state index is 12.8. The van der Waals surface area contributed by atoms with Crippen LogP contribution in [0.3, 0.4) is 0 Å². The number of carbonyl (C=O) groups is 1. The summed E-state index contributed by atoms with van der Waals surface area (Å²) in [4.78, 5) is 24.5. The Morgan fingerprint density at radius 3 is 2.63 bits per heavy atom. The molecule has 4 aliphatic rings. The van der Waals surface area contributed by atoms with E-state index in [2.05, 4.69) is 38.1 Å². The molecule has 1 atom stereocenters. The third-order valence-corrected chi connectivity index (χ3v) is 7.57. The molecule has 2 bridgehead atoms. The van der Waals surface area contributed by atoms with Crippen LogP contribution in [0.25, 0.3) is 10.1 Å². The Bertz CT molecular complexity index is 836. The molecule has 6 heterocycles. The Hall–Kier alpha value is -1.70. The molecule has 2 aromatic heterocycles. The van der Waals surface area contributed by atoms with Gasteiger partial charge in [-0.25, -0.2) is 0 Å². The molecule has 4 fully saturated rings. The first kappa shape index (κ1) is 17.4. The number of aromatic nitrogens is 1. The second-order valence-corrected chi connectivity index (χ2v) is 9.26. The largest absolute Gasteiger partial charge is 0.361 e. The van der Waals surface area contributed by atoms with Crippen LogP contribution in [0.5, 0.6) is 0 Å². The molecule has 144 valence electrons. The van der Waals surface area contributed by atoms with E-state index >= 15 is 0 Å². The van der Waals surface area contributed by atoms with E-state index in [-0.39, 0.29) is 11.9 Å². The van der Waals surface area contributed by atoms with E-state index in [1.54, 1.807) is 11.3 Å². The van der Waals surface area contributed by atoms with Crippen molar-refractivity contribution < 1.29 is 4.79 Å². The SMILES string of the molecule is CN1CCN(c2cc3cnc(C(=O)NC4CN5CCC4CC5)cc3s2)CC1. The summed E-state index contributed by atoms with van der Waals surface area (Å²) in [5.74, 6) is 0.610. The number of anilines is 1. The van der Waals surface area contributed by atoms with Crippen LogP contribution < -0.4 is 10.2 Å². The first-order chi connectivity index (χ1) is 13.2. The van der Waals surface area contributed by atoms with Crippen molar-refractivity contribution in [1.29, 1.82) is 0 Å². The zero-order valence-corrected chi connectivity index (χ0v) is 16.7. The summed E-state index contributed by atoms with van der Waals surface area (Å²) in [6.45, 7) is 7.68. The number of hydrogen-bond acceptors (Lipinski definition) is 6. The first-order valence-corrected chi connectivity index (χ1v) is 10.8. The minimum atomic E-state index is -0.0230. The number of nitrogens with one attached hydrogen (secondary N) is 1. The number of thiophene rings is 1. The van der Waals surface area contributed by atoms with Gasteiger partial charge in [-0.2, -0.15) is 0 Å². The number of carbonyl (C=O) groups excluding carboxylic acids is 1. The van der Waals surface area contributed by atoms with Gasteiger partial charge in [-0.15, -0.1) is 11.3 Å². The van der Waals surface area contributed by atoms with Gasteiger partial charge in [0.05, 0.1) is 5.00 Å². The van der Waals surface area contributed by atoms with Crippen molar-refractivity contribution in [3.05, 3.63) is 24.0 Å². The molecule has 0 radical (unpaired) electrons. The van der Waals surface area contributed by atoms with E-state index in [4.69, 9.17) is 0 Å². The van der Waals surface area contributed by atoms with Crippen molar-refractivity contribution in [2.45, 2.75) is 18.9 Å². The Morgan fingerprint density at radius 2 is 1.93 bits per heavy atom. The number of amides is 1. The molecule has 1 amide bonds. The number of hydrogen-bond donors (Lipinski definition) is 1. The van der Waals surface area contributed by atoms with Crippen LogP contribution in [-0.4, -0.2) is 79.6 Å². The standard InChI is InChI=1S/C20H27N5OS/c1-23-6-8-25(9-7-23)19-10-15-12-21-16(11-18(15)27-19)20(26)22-17-13-24-4-2-14(17)3-5-24/h10-12,14,17H,2-9,13H2,1H3,(H,22,26). The lowest BCUT2D eigenvalue weighted by Crippen LogP contribution is -2.57. The van der Waals surface area contributed by atoms with Gasteiger partial charge in [0.15, 0.2) is 0 Å². The Kier molecular flexibility index (Phi) is 4.53. The van der Waals surface area contributed by atoms with Gasteiger partial charge in [0, 0.05) is 55.0 Å². The van der Waals surface area contributed by atoms with E-state index in [0.717, 1.165) is 42.8 Å².